The third kappa shape index (κ3) is 2.18. The topological polar surface area (TPSA) is 27.1 Å². The fourth-order valence-electron chi connectivity index (χ4n) is 1.41. The maximum absolute atomic E-state index is 5.85. The van der Waals surface area contributed by atoms with Crippen LogP contribution in [0, 0.1) is 0 Å². The Kier molecular flexibility index (Phi) is 3.41. The number of benzene rings is 1. The fraction of sp³-hybridized carbons (Fsp3) is 0.182. The molecule has 0 saturated heterocycles. The summed E-state index contributed by atoms with van der Waals surface area (Å²) in [7, 11) is 1.66. The van der Waals surface area contributed by atoms with E-state index in [1.165, 1.54) is 0 Å². The third-order valence-corrected chi connectivity index (χ3v) is 3.15. The molecule has 0 spiro atoms. The zero-order chi connectivity index (χ0) is 11.5. The van der Waals surface area contributed by atoms with Gasteiger partial charge >= 0.3 is 0 Å². The van der Waals surface area contributed by atoms with Crippen LogP contribution < -0.4 is 4.74 Å². The number of rotatable bonds is 3. The lowest BCUT2D eigenvalue weighted by atomic mass is 10.3. The summed E-state index contributed by atoms with van der Waals surface area (Å²) in [6, 6.07) is 5.86. The van der Waals surface area contributed by atoms with E-state index in [0.29, 0.717) is 5.02 Å². The van der Waals surface area contributed by atoms with Gasteiger partial charge in [-0.05, 0) is 24.5 Å². The molecule has 0 fully saturated rings. The first kappa shape index (κ1) is 11.4. The Balaban J connectivity index is 2.48. The molecule has 5 heteroatoms. The van der Waals surface area contributed by atoms with Crippen LogP contribution in [0.3, 0.4) is 0 Å². The van der Waals surface area contributed by atoms with Crippen molar-refractivity contribution in [3.8, 4) is 11.4 Å². The lowest BCUT2D eigenvalue weighted by Crippen LogP contribution is -1.97. The largest absolute Gasteiger partial charge is 0.497 e. The van der Waals surface area contributed by atoms with Crippen molar-refractivity contribution in [3.05, 3.63) is 35.6 Å². The van der Waals surface area contributed by atoms with Crippen LogP contribution in [0.4, 0.5) is 0 Å². The smallest absolute Gasteiger partial charge is 0.120 e. The highest BCUT2D eigenvalue weighted by Crippen LogP contribution is 2.28. The molecule has 1 aromatic carbocycles. The molecule has 3 nitrogen and oxygen atoms in total. The molecule has 0 radical (unpaired) electrons. The standard InChI is InChI=1S/C11H11ClN2OS/c1-15-9-3-4-10(11(5-9)16-2)14-7-8(12)6-13-14/h3-7H,1-2H3. The molecule has 0 unspecified atom stereocenters. The van der Waals surface area contributed by atoms with Crippen molar-refractivity contribution < 1.29 is 4.74 Å². The molecule has 1 aromatic heterocycles. The highest BCUT2D eigenvalue weighted by Gasteiger charge is 2.06. The molecule has 0 saturated carbocycles. The van der Waals surface area contributed by atoms with Crippen LogP contribution in [-0.4, -0.2) is 23.1 Å². The summed E-state index contributed by atoms with van der Waals surface area (Å²) in [4.78, 5) is 1.10. The van der Waals surface area contributed by atoms with Crippen LogP contribution >= 0.6 is 23.4 Å². The van der Waals surface area contributed by atoms with Crippen molar-refractivity contribution in [2.24, 2.45) is 0 Å². The number of hydrogen-bond acceptors (Lipinski definition) is 3. The van der Waals surface area contributed by atoms with E-state index in [2.05, 4.69) is 5.10 Å². The molecule has 0 aliphatic heterocycles. The zero-order valence-electron chi connectivity index (χ0n) is 8.98. The second-order valence-electron chi connectivity index (χ2n) is 3.14. The van der Waals surface area contributed by atoms with E-state index in [4.69, 9.17) is 16.3 Å². The molecule has 16 heavy (non-hydrogen) atoms. The molecule has 0 aliphatic carbocycles. The average molecular weight is 255 g/mol. The van der Waals surface area contributed by atoms with E-state index in [9.17, 15) is 0 Å². The van der Waals surface area contributed by atoms with E-state index >= 15 is 0 Å². The summed E-state index contributed by atoms with van der Waals surface area (Å²) in [6.45, 7) is 0. The highest BCUT2D eigenvalue weighted by molar-refractivity contribution is 7.98. The molecular formula is C11H11ClN2OS. The molecule has 0 amide bonds. The van der Waals surface area contributed by atoms with Gasteiger partial charge in [0.1, 0.15) is 5.75 Å². The maximum Gasteiger partial charge on any atom is 0.120 e. The van der Waals surface area contributed by atoms with E-state index in [0.717, 1.165) is 16.3 Å². The van der Waals surface area contributed by atoms with Gasteiger partial charge in [0.05, 0.1) is 24.0 Å². The minimum Gasteiger partial charge on any atom is -0.497 e. The van der Waals surface area contributed by atoms with E-state index in [1.807, 2.05) is 24.5 Å². The Morgan fingerprint density at radius 2 is 2.25 bits per heavy atom. The van der Waals surface area contributed by atoms with Gasteiger partial charge in [-0.3, -0.25) is 0 Å². The van der Waals surface area contributed by atoms with Gasteiger partial charge in [-0.25, -0.2) is 4.68 Å². The van der Waals surface area contributed by atoms with Crippen LogP contribution in [0.15, 0.2) is 35.5 Å². The SMILES string of the molecule is COc1ccc(-n2cc(Cl)cn2)c(SC)c1. The number of aromatic nitrogens is 2. The first-order valence-electron chi connectivity index (χ1n) is 4.67. The van der Waals surface area contributed by atoms with Gasteiger partial charge in [0.25, 0.3) is 0 Å². The van der Waals surface area contributed by atoms with Crippen molar-refractivity contribution in [3.63, 3.8) is 0 Å². The van der Waals surface area contributed by atoms with Crippen molar-refractivity contribution >= 4 is 23.4 Å². The number of thioether (sulfide) groups is 1. The van der Waals surface area contributed by atoms with Gasteiger partial charge in [0.2, 0.25) is 0 Å². The zero-order valence-corrected chi connectivity index (χ0v) is 10.5. The van der Waals surface area contributed by atoms with Crippen molar-refractivity contribution in [1.82, 2.24) is 9.78 Å². The van der Waals surface area contributed by atoms with Crippen LogP contribution in [-0.2, 0) is 0 Å². The van der Waals surface area contributed by atoms with E-state index in [1.54, 1.807) is 35.9 Å². The molecule has 0 atom stereocenters. The Morgan fingerprint density at radius 1 is 1.44 bits per heavy atom. The molecule has 1 heterocycles. The second-order valence-corrected chi connectivity index (χ2v) is 4.43. The average Bonchev–Trinajstić information content (AvgIpc) is 2.74. The Labute approximate surface area is 103 Å². The van der Waals surface area contributed by atoms with Crippen molar-refractivity contribution in [1.29, 1.82) is 0 Å². The summed E-state index contributed by atoms with van der Waals surface area (Å²) >= 11 is 7.49. The van der Waals surface area contributed by atoms with Crippen LogP contribution in [0.5, 0.6) is 5.75 Å². The number of nitrogens with zero attached hydrogens (tertiary/aromatic N) is 2. The normalized spacial score (nSPS) is 10.4. The van der Waals surface area contributed by atoms with Crippen LogP contribution in [0.25, 0.3) is 5.69 Å². The summed E-state index contributed by atoms with van der Waals surface area (Å²) in [5, 5.41) is 4.81. The maximum atomic E-state index is 5.85. The van der Waals surface area contributed by atoms with Crippen molar-refractivity contribution in [2.45, 2.75) is 4.90 Å². The monoisotopic (exact) mass is 254 g/mol. The summed E-state index contributed by atoms with van der Waals surface area (Å²) in [6.07, 6.45) is 5.42. The second kappa shape index (κ2) is 4.80. The lowest BCUT2D eigenvalue weighted by Gasteiger charge is -2.09. The van der Waals surface area contributed by atoms with Crippen LogP contribution in [0.1, 0.15) is 0 Å². The first-order valence-corrected chi connectivity index (χ1v) is 6.27. The quantitative estimate of drug-likeness (QED) is 0.787. The van der Waals surface area contributed by atoms with Crippen molar-refractivity contribution in [2.75, 3.05) is 13.4 Å². The van der Waals surface area contributed by atoms with E-state index < -0.39 is 0 Å². The van der Waals surface area contributed by atoms with Gasteiger partial charge in [-0.15, -0.1) is 11.8 Å². The van der Waals surface area contributed by atoms with Gasteiger partial charge in [0, 0.05) is 11.1 Å². The van der Waals surface area contributed by atoms with Gasteiger partial charge in [0.15, 0.2) is 0 Å². The fourth-order valence-corrected chi connectivity index (χ4v) is 2.15. The molecule has 84 valence electrons. The predicted octanol–water partition coefficient (Wildman–Crippen LogP) is 3.26. The number of halogens is 1. The number of hydrogen-bond donors (Lipinski definition) is 0. The van der Waals surface area contributed by atoms with Gasteiger partial charge < -0.3 is 4.74 Å². The Hall–Kier alpha value is -1.13. The van der Waals surface area contributed by atoms with Gasteiger partial charge in [-0.2, -0.15) is 5.10 Å². The molecular weight excluding hydrogens is 244 g/mol. The first-order chi connectivity index (χ1) is 7.74. The van der Waals surface area contributed by atoms with Crippen LogP contribution in [0.2, 0.25) is 5.02 Å². The Bertz CT molecular complexity index is 498. The molecule has 0 aliphatic rings. The molecule has 0 N–H and O–H groups in total. The summed E-state index contributed by atoms with van der Waals surface area (Å²) in [5.41, 5.74) is 1.00. The Morgan fingerprint density at radius 3 is 2.81 bits per heavy atom. The number of ether oxygens (including phenoxy) is 1. The minimum absolute atomic E-state index is 0.628. The van der Waals surface area contributed by atoms with E-state index in [-0.39, 0.29) is 0 Å². The predicted molar refractivity (Wildman–Crippen MR) is 66.9 cm³/mol. The summed E-state index contributed by atoms with van der Waals surface area (Å²) < 4.78 is 6.94. The lowest BCUT2D eigenvalue weighted by molar-refractivity contribution is 0.413. The summed E-state index contributed by atoms with van der Waals surface area (Å²) in [5.74, 6) is 0.839. The minimum atomic E-state index is 0.628. The molecule has 0 bridgehead atoms. The van der Waals surface area contributed by atoms with Gasteiger partial charge in [-0.1, -0.05) is 11.6 Å². The molecule has 2 rings (SSSR count). The number of methoxy groups -OCH3 is 1. The molecule has 2 aromatic rings. The highest BCUT2D eigenvalue weighted by atomic mass is 35.5. The third-order valence-electron chi connectivity index (χ3n) is 2.18.